The highest BCUT2D eigenvalue weighted by atomic mass is 35.5. The average molecular weight is 459 g/mol. The zero-order valence-corrected chi connectivity index (χ0v) is 18.9. The number of piperidine rings is 1. The second-order valence-electron chi connectivity index (χ2n) is 8.15. The number of hydrogen-bond acceptors (Lipinski definition) is 5. The molecule has 6 nitrogen and oxygen atoms in total. The molecule has 1 N–H and O–H groups in total. The quantitative estimate of drug-likeness (QED) is 0.668. The Morgan fingerprint density at radius 1 is 1.32 bits per heavy atom. The highest BCUT2D eigenvalue weighted by Crippen LogP contribution is 2.35. The number of thiophene rings is 1. The van der Waals surface area contributed by atoms with Crippen molar-refractivity contribution in [2.45, 2.75) is 58.0 Å². The maximum absolute atomic E-state index is 12.8. The maximum atomic E-state index is 12.8. The maximum Gasteiger partial charge on any atom is 0.256 e. The molecular formula is C23H23ClN2O4S. The third-order valence-electron chi connectivity index (χ3n) is 6.16. The minimum Gasteiger partial charge on any atom is -0.322 e. The van der Waals surface area contributed by atoms with Crippen LogP contribution in [0.2, 0.25) is 5.02 Å². The van der Waals surface area contributed by atoms with E-state index in [1.807, 2.05) is 37.4 Å². The van der Waals surface area contributed by atoms with Gasteiger partial charge in [0.25, 0.3) is 5.91 Å². The van der Waals surface area contributed by atoms with Crippen molar-refractivity contribution in [2.24, 2.45) is 0 Å². The number of halogens is 1. The monoisotopic (exact) mass is 458 g/mol. The van der Waals surface area contributed by atoms with E-state index in [4.69, 9.17) is 11.6 Å². The van der Waals surface area contributed by atoms with E-state index in [1.165, 1.54) is 11.3 Å². The molecule has 3 amide bonds. The van der Waals surface area contributed by atoms with Gasteiger partial charge in [-0.3, -0.25) is 24.5 Å². The molecule has 8 heteroatoms. The first-order chi connectivity index (χ1) is 14.8. The summed E-state index contributed by atoms with van der Waals surface area (Å²) in [6.45, 7) is 4.16. The molecule has 2 aliphatic rings. The van der Waals surface area contributed by atoms with Gasteiger partial charge in [-0.2, -0.15) is 0 Å². The molecule has 2 aliphatic heterocycles. The molecule has 3 heterocycles. The number of Topliss-reactive ketones (excluding diaryl/α,β-unsaturated/α-hetero) is 1. The first-order valence-corrected chi connectivity index (χ1v) is 11.5. The number of amides is 3. The summed E-state index contributed by atoms with van der Waals surface area (Å²) in [6.07, 6.45) is 1.50. The third kappa shape index (κ3) is 4.16. The van der Waals surface area contributed by atoms with Crippen molar-refractivity contribution in [1.82, 2.24) is 10.2 Å². The summed E-state index contributed by atoms with van der Waals surface area (Å²) in [4.78, 5) is 51.7. The fourth-order valence-electron chi connectivity index (χ4n) is 4.13. The number of aryl methyl sites for hydroxylation is 2. The standard InChI is InChI=1S/C23H23ClN2O4S/c1-12-3-4-14(9-17(12)24)13(2)19(27)6-7-20-15-10-26(23(30)16(15)11-31-20)18-5-8-21(28)25-22(18)29/h3-4,9,11,13,18H,5-8,10H2,1-2H3,(H,25,28,29)/t13-,18?/m1/s1. The molecule has 1 aromatic heterocycles. The number of rotatable bonds is 6. The molecule has 2 atom stereocenters. The Kier molecular flexibility index (Phi) is 5.99. The summed E-state index contributed by atoms with van der Waals surface area (Å²) >= 11 is 7.69. The number of fused-ring (bicyclic) bond motifs is 1. The first-order valence-electron chi connectivity index (χ1n) is 10.3. The fourth-order valence-corrected chi connectivity index (χ4v) is 5.36. The molecule has 31 heavy (non-hydrogen) atoms. The molecule has 1 fully saturated rings. The molecule has 1 aromatic carbocycles. The normalized spacial score (nSPS) is 19.4. The van der Waals surface area contributed by atoms with Gasteiger partial charge in [-0.25, -0.2) is 0 Å². The van der Waals surface area contributed by atoms with Crippen LogP contribution < -0.4 is 5.32 Å². The van der Waals surface area contributed by atoms with Gasteiger partial charge in [0.1, 0.15) is 11.8 Å². The van der Waals surface area contributed by atoms with Crippen molar-refractivity contribution in [3.8, 4) is 0 Å². The Balaban J connectivity index is 1.42. The van der Waals surface area contributed by atoms with Crippen LogP contribution in [0.25, 0.3) is 0 Å². The summed E-state index contributed by atoms with van der Waals surface area (Å²) in [5.41, 5.74) is 3.38. The van der Waals surface area contributed by atoms with Crippen LogP contribution in [0.4, 0.5) is 0 Å². The summed E-state index contributed by atoms with van der Waals surface area (Å²) in [5, 5.41) is 4.78. The highest BCUT2D eigenvalue weighted by Gasteiger charge is 2.40. The summed E-state index contributed by atoms with van der Waals surface area (Å²) in [5.74, 6) is -1.03. The van der Waals surface area contributed by atoms with Gasteiger partial charge in [0.2, 0.25) is 11.8 Å². The van der Waals surface area contributed by atoms with Crippen molar-refractivity contribution in [3.63, 3.8) is 0 Å². The van der Waals surface area contributed by atoms with Gasteiger partial charge in [-0.1, -0.05) is 30.7 Å². The van der Waals surface area contributed by atoms with Gasteiger partial charge < -0.3 is 4.90 Å². The molecule has 0 bridgehead atoms. The number of ketones is 1. The van der Waals surface area contributed by atoms with Gasteiger partial charge >= 0.3 is 0 Å². The van der Waals surface area contributed by atoms with Crippen LogP contribution in [0.15, 0.2) is 23.6 Å². The smallest absolute Gasteiger partial charge is 0.256 e. The number of imide groups is 1. The Morgan fingerprint density at radius 2 is 2.10 bits per heavy atom. The zero-order chi connectivity index (χ0) is 22.3. The van der Waals surface area contributed by atoms with Gasteiger partial charge in [-0.05, 0) is 42.5 Å². The predicted octanol–water partition coefficient (Wildman–Crippen LogP) is 3.78. The second kappa shape index (κ2) is 8.55. The number of nitrogens with one attached hydrogen (secondary N) is 1. The Labute approximate surface area is 189 Å². The van der Waals surface area contributed by atoms with Crippen LogP contribution in [0.3, 0.4) is 0 Å². The number of benzene rings is 1. The second-order valence-corrected chi connectivity index (χ2v) is 9.52. The highest BCUT2D eigenvalue weighted by molar-refractivity contribution is 7.10. The number of nitrogens with zero attached hydrogens (tertiary/aromatic N) is 1. The van der Waals surface area contributed by atoms with E-state index in [9.17, 15) is 19.2 Å². The molecule has 0 radical (unpaired) electrons. The van der Waals surface area contributed by atoms with Crippen molar-refractivity contribution < 1.29 is 19.2 Å². The lowest BCUT2D eigenvalue weighted by molar-refractivity contribution is -0.137. The minimum absolute atomic E-state index is 0.119. The molecule has 1 saturated heterocycles. The van der Waals surface area contributed by atoms with Crippen LogP contribution in [-0.4, -0.2) is 34.4 Å². The lowest BCUT2D eigenvalue weighted by atomic mass is 9.93. The van der Waals surface area contributed by atoms with Gasteiger partial charge in [0.15, 0.2) is 0 Å². The predicted molar refractivity (Wildman–Crippen MR) is 118 cm³/mol. The van der Waals surface area contributed by atoms with E-state index in [2.05, 4.69) is 5.32 Å². The van der Waals surface area contributed by atoms with E-state index in [0.717, 1.165) is 21.6 Å². The summed E-state index contributed by atoms with van der Waals surface area (Å²) < 4.78 is 0. The van der Waals surface area contributed by atoms with E-state index in [1.54, 1.807) is 4.90 Å². The Hall–Kier alpha value is -2.51. The average Bonchev–Trinajstić information content (AvgIpc) is 3.28. The summed E-state index contributed by atoms with van der Waals surface area (Å²) in [6, 6.07) is 5.08. The number of carbonyl (C=O) groups is 4. The summed E-state index contributed by atoms with van der Waals surface area (Å²) in [7, 11) is 0. The Bertz CT molecular complexity index is 1090. The first kappa shape index (κ1) is 21.7. The van der Waals surface area contributed by atoms with E-state index in [0.29, 0.717) is 36.4 Å². The molecular weight excluding hydrogens is 436 g/mol. The van der Waals surface area contributed by atoms with Crippen LogP contribution >= 0.6 is 22.9 Å². The topological polar surface area (TPSA) is 83.6 Å². The SMILES string of the molecule is Cc1ccc([C@@H](C)C(=O)CCc2scc3c2CN(C2CCC(=O)NC2=O)C3=O)cc1Cl. The van der Waals surface area contributed by atoms with E-state index < -0.39 is 11.9 Å². The zero-order valence-electron chi connectivity index (χ0n) is 17.4. The molecule has 0 spiro atoms. The molecule has 2 aromatic rings. The molecule has 0 saturated carbocycles. The van der Waals surface area contributed by atoms with Crippen LogP contribution in [0.5, 0.6) is 0 Å². The van der Waals surface area contributed by atoms with Crippen LogP contribution in [0, 0.1) is 6.92 Å². The van der Waals surface area contributed by atoms with Crippen molar-refractivity contribution >= 4 is 46.4 Å². The number of carbonyl (C=O) groups excluding carboxylic acids is 4. The third-order valence-corrected chi connectivity index (χ3v) is 7.66. The van der Waals surface area contributed by atoms with E-state index >= 15 is 0 Å². The molecule has 0 aliphatic carbocycles. The lowest BCUT2D eigenvalue weighted by Gasteiger charge is -2.29. The van der Waals surface area contributed by atoms with Crippen molar-refractivity contribution in [2.75, 3.05) is 0 Å². The molecule has 1 unspecified atom stereocenters. The molecule has 162 valence electrons. The minimum atomic E-state index is -0.622. The van der Waals surface area contributed by atoms with Crippen molar-refractivity contribution in [1.29, 1.82) is 0 Å². The van der Waals surface area contributed by atoms with Crippen LogP contribution in [-0.2, 0) is 27.3 Å². The van der Waals surface area contributed by atoms with Crippen LogP contribution in [0.1, 0.15) is 64.0 Å². The lowest BCUT2D eigenvalue weighted by Crippen LogP contribution is -2.52. The fraction of sp³-hybridized carbons (Fsp3) is 0.391. The molecule has 4 rings (SSSR count). The Morgan fingerprint density at radius 3 is 2.81 bits per heavy atom. The number of hydrogen-bond donors (Lipinski definition) is 1. The van der Waals surface area contributed by atoms with Gasteiger partial charge in [0, 0.05) is 40.6 Å². The van der Waals surface area contributed by atoms with Crippen molar-refractivity contribution in [3.05, 3.63) is 55.7 Å². The van der Waals surface area contributed by atoms with E-state index in [-0.39, 0.29) is 29.9 Å². The van der Waals surface area contributed by atoms with Gasteiger partial charge in [0.05, 0.1) is 5.56 Å². The van der Waals surface area contributed by atoms with Gasteiger partial charge in [-0.15, -0.1) is 11.3 Å². The largest absolute Gasteiger partial charge is 0.322 e.